The summed E-state index contributed by atoms with van der Waals surface area (Å²) in [5.41, 5.74) is 3.52. The number of nitrogens with zero attached hydrogens (tertiary/aromatic N) is 2. The molecule has 1 aromatic heterocycles. The molecule has 1 aliphatic heterocycles. The quantitative estimate of drug-likeness (QED) is 0.425. The van der Waals surface area contributed by atoms with Crippen molar-refractivity contribution in [1.29, 1.82) is 0 Å². The topological polar surface area (TPSA) is 95.2 Å². The average Bonchev–Trinajstić information content (AvgIpc) is 3.36. The van der Waals surface area contributed by atoms with Gasteiger partial charge in [0, 0.05) is 13.1 Å². The fourth-order valence-corrected chi connectivity index (χ4v) is 6.05. The van der Waals surface area contributed by atoms with Crippen LogP contribution in [0.2, 0.25) is 0 Å². The molecule has 4 aromatic rings. The molecule has 7 nitrogen and oxygen atoms in total. The lowest BCUT2D eigenvalue weighted by Crippen LogP contribution is -2.46. The third kappa shape index (κ3) is 4.82. The number of nitrogens with one attached hydrogen (secondary N) is 2. The minimum absolute atomic E-state index is 0.0231. The van der Waals surface area contributed by atoms with E-state index in [0.29, 0.717) is 19.4 Å². The highest BCUT2D eigenvalue weighted by Gasteiger charge is 2.34. The van der Waals surface area contributed by atoms with Gasteiger partial charge in [-0.15, -0.1) is 0 Å². The van der Waals surface area contributed by atoms with Gasteiger partial charge in [-0.1, -0.05) is 36.4 Å². The van der Waals surface area contributed by atoms with Gasteiger partial charge in [0.15, 0.2) is 0 Å². The van der Waals surface area contributed by atoms with E-state index in [1.54, 1.807) is 6.33 Å². The molecule has 35 heavy (non-hydrogen) atoms. The Labute approximate surface area is 203 Å². The van der Waals surface area contributed by atoms with E-state index in [-0.39, 0.29) is 17.3 Å². The van der Waals surface area contributed by atoms with Crippen molar-refractivity contribution in [3.63, 3.8) is 0 Å². The minimum atomic E-state index is -3.82. The second kappa shape index (κ2) is 9.59. The molecule has 2 N–H and O–H groups in total. The minimum Gasteiger partial charge on any atom is -0.345 e. The predicted molar refractivity (Wildman–Crippen MR) is 130 cm³/mol. The van der Waals surface area contributed by atoms with Gasteiger partial charge in [-0.3, -0.25) is 4.79 Å². The Morgan fingerprint density at radius 2 is 1.83 bits per heavy atom. The van der Waals surface area contributed by atoms with Crippen LogP contribution in [-0.2, 0) is 14.8 Å². The first-order chi connectivity index (χ1) is 16.9. The van der Waals surface area contributed by atoms with E-state index in [1.165, 1.54) is 16.4 Å². The van der Waals surface area contributed by atoms with Crippen LogP contribution in [0.4, 0.5) is 4.39 Å². The zero-order chi connectivity index (χ0) is 24.4. The van der Waals surface area contributed by atoms with Crippen molar-refractivity contribution >= 4 is 27.0 Å². The summed E-state index contributed by atoms with van der Waals surface area (Å²) in [5, 5.41) is 3.15. The summed E-state index contributed by atoms with van der Waals surface area (Å²) in [5.74, 6) is -1.20. The molecular weight excluding hydrogens is 467 g/mol. The van der Waals surface area contributed by atoms with Crippen LogP contribution in [0.25, 0.3) is 11.0 Å². The molecule has 1 fully saturated rings. The van der Waals surface area contributed by atoms with Crippen molar-refractivity contribution < 1.29 is 17.6 Å². The molecule has 0 bridgehead atoms. The normalized spacial score (nSPS) is 17.8. The van der Waals surface area contributed by atoms with E-state index >= 15 is 0 Å². The van der Waals surface area contributed by atoms with E-state index in [9.17, 15) is 17.6 Å². The molecule has 0 radical (unpaired) electrons. The maximum absolute atomic E-state index is 13.4. The van der Waals surface area contributed by atoms with Gasteiger partial charge < -0.3 is 10.3 Å². The Morgan fingerprint density at radius 3 is 2.60 bits per heavy atom. The number of imidazole rings is 1. The van der Waals surface area contributed by atoms with E-state index in [4.69, 9.17) is 0 Å². The second-order valence-corrected chi connectivity index (χ2v) is 10.6. The van der Waals surface area contributed by atoms with Crippen molar-refractivity contribution in [3.8, 4) is 0 Å². The number of amides is 1. The fraction of sp³-hybridized carbons (Fsp3) is 0.231. The highest BCUT2D eigenvalue weighted by Crippen LogP contribution is 2.28. The number of sulfonamides is 1. The third-order valence-electron chi connectivity index (χ3n) is 6.40. The van der Waals surface area contributed by atoms with Gasteiger partial charge in [-0.2, -0.15) is 4.31 Å². The van der Waals surface area contributed by atoms with Crippen LogP contribution in [0, 0.1) is 11.7 Å². The number of aromatic amines is 1. The molecule has 0 aliphatic carbocycles. The van der Waals surface area contributed by atoms with Crippen LogP contribution in [0.1, 0.15) is 30.0 Å². The van der Waals surface area contributed by atoms with Crippen molar-refractivity contribution in [3.05, 3.63) is 96.1 Å². The first kappa shape index (κ1) is 23.2. The zero-order valence-corrected chi connectivity index (χ0v) is 19.7. The summed E-state index contributed by atoms with van der Waals surface area (Å²) in [6, 6.07) is 19.8. The van der Waals surface area contributed by atoms with Crippen LogP contribution < -0.4 is 5.32 Å². The number of H-pyrrole nitrogens is 1. The van der Waals surface area contributed by atoms with Crippen molar-refractivity contribution in [1.82, 2.24) is 19.6 Å². The molecule has 0 spiro atoms. The van der Waals surface area contributed by atoms with Gasteiger partial charge in [0.25, 0.3) is 0 Å². The number of hydrogen-bond donors (Lipinski definition) is 2. The Hall–Kier alpha value is -3.56. The smallest absolute Gasteiger partial charge is 0.243 e. The van der Waals surface area contributed by atoms with Gasteiger partial charge in [0.1, 0.15) is 5.82 Å². The molecule has 2 atom stereocenters. The van der Waals surface area contributed by atoms with E-state index in [0.717, 1.165) is 34.3 Å². The van der Waals surface area contributed by atoms with Crippen LogP contribution in [0.15, 0.2) is 84.0 Å². The largest absolute Gasteiger partial charge is 0.345 e. The lowest BCUT2D eigenvalue weighted by molar-refractivity contribution is -0.126. The summed E-state index contributed by atoms with van der Waals surface area (Å²) < 4.78 is 40.8. The number of carbonyl (C=O) groups excluding carboxylic acids is 1. The number of carbonyl (C=O) groups is 1. The molecule has 5 rings (SSSR count). The third-order valence-corrected chi connectivity index (χ3v) is 8.28. The van der Waals surface area contributed by atoms with E-state index in [1.807, 2.05) is 48.5 Å². The molecule has 1 aliphatic rings. The highest BCUT2D eigenvalue weighted by molar-refractivity contribution is 7.89. The molecule has 3 aromatic carbocycles. The SMILES string of the molecule is O=C(N[C@@H](c1ccccc1)c1ccc2nc[nH]c2c1)[C@H]1CCCN(S(=O)(=O)c2ccc(F)cc2)C1. The second-order valence-electron chi connectivity index (χ2n) is 8.69. The lowest BCUT2D eigenvalue weighted by atomic mass is 9.95. The molecule has 0 unspecified atom stereocenters. The van der Waals surface area contributed by atoms with Crippen LogP contribution in [-0.4, -0.2) is 41.7 Å². The monoisotopic (exact) mass is 492 g/mol. The summed E-state index contributed by atoms with van der Waals surface area (Å²) in [6.45, 7) is 0.398. The molecular formula is C26H25FN4O3S. The molecule has 9 heteroatoms. The van der Waals surface area contributed by atoms with Crippen molar-refractivity contribution in [2.75, 3.05) is 13.1 Å². The number of aromatic nitrogens is 2. The number of piperidine rings is 1. The number of fused-ring (bicyclic) bond motifs is 1. The lowest BCUT2D eigenvalue weighted by Gasteiger charge is -2.32. The molecule has 0 saturated carbocycles. The summed E-state index contributed by atoms with van der Waals surface area (Å²) in [7, 11) is -3.82. The number of benzene rings is 3. The number of hydrogen-bond acceptors (Lipinski definition) is 4. The van der Waals surface area contributed by atoms with Crippen molar-refractivity contribution in [2.45, 2.75) is 23.8 Å². The first-order valence-corrected chi connectivity index (χ1v) is 12.9. The van der Waals surface area contributed by atoms with Gasteiger partial charge in [0.2, 0.25) is 15.9 Å². The Morgan fingerprint density at radius 1 is 1.06 bits per heavy atom. The van der Waals surface area contributed by atoms with Gasteiger partial charge in [-0.05, 0) is 60.4 Å². The fourth-order valence-electron chi connectivity index (χ4n) is 4.53. The summed E-state index contributed by atoms with van der Waals surface area (Å²) in [6.07, 6.45) is 2.78. The summed E-state index contributed by atoms with van der Waals surface area (Å²) >= 11 is 0. The van der Waals surface area contributed by atoms with Gasteiger partial charge in [0.05, 0.1) is 34.2 Å². The predicted octanol–water partition coefficient (Wildman–Crippen LogP) is 4.01. The van der Waals surface area contributed by atoms with Crippen LogP contribution in [0.3, 0.4) is 0 Å². The standard InChI is InChI=1S/C26H25FN4O3S/c27-21-9-11-22(12-10-21)35(33,34)31-14-4-7-20(16-31)26(32)30-25(18-5-2-1-3-6-18)19-8-13-23-24(15-19)29-17-28-23/h1-3,5-6,8-13,15,17,20,25H,4,7,14,16H2,(H,28,29)(H,30,32)/t20-,25-/m0/s1. The van der Waals surface area contributed by atoms with E-state index in [2.05, 4.69) is 15.3 Å². The molecule has 1 amide bonds. The highest BCUT2D eigenvalue weighted by atomic mass is 32.2. The van der Waals surface area contributed by atoms with E-state index < -0.39 is 27.8 Å². The Bertz CT molecular complexity index is 1440. The molecule has 2 heterocycles. The summed E-state index contributed by atoms with van der Waals surface area (Å²) in [4.78, 5) is 20.8. The van der Waals surface area contributed by atoms with Crippen molar-refractivity contribution in [2.24, 2.45) is 5.92 Å². The molecule has 180 valence electrons. The van der Waals surface area contributed by atoms with Gasteiger partial charge >= 0.3 is 0 Å². The zero-order valence-electron chi connectivity index (χ0n) is 18.9. The Balaban J connectivity index is 1.38. The molecule has 1 saturated heterocycles. The maximum atomic E-state index is 13.4. The maximum Gasteiger partial charge on any atom is 0.243 e. The number of rotatable bonds is 6. The average molecular weight is 493 g/mol. The van der Waals surface area contributed by atoms with Gasteiger partial charge in [-0.25, -0.2) is 17.8 Å². The van der Waals surface area contributed by atoms with Crippen LogP contribution >= 0.6 is 0 Å². The Kier molecular flexibility index (Phi) is 6.36. The number of halogens is 1. The van der Waals surface area contributed by atoms with Crippen LogP contribution in [0.5, 0.6) is 0 Å². The first-order valence-electron chi connectivity index (χ1n) is 11.5.